The van der Waals surface area contributed by atoms with Crippen molar-refractivity contribution in [3.63, 3.8) is 0 Å². The SMILES string of the molecule is [N-]=[N+]=Nc1ccc(C(N)=O)cc1I. The van der Waals surface area contributed by atoms with Crippen LogP contribution in [0.1, 0.15) is 10.4 Å². The number of nitrogens with zero attached hydrogens (tertiary/aromatic N) is 3. The van der Waals surface area contributed by atoms with E-state index in [1.54, 1.807) is 12.1 Å². The van der Waals surface area contributed by atoms with Gasteiger partial charge in [-0.2, -0.15) is 0 Å². The molecule has 0 saturated carbocycles. The first-order valence-electron chi connectivity index (χ1n) is 3.29. The van der Waals surface area contributed by atoms with Crippen molar-refractivity contribution in [2.45, 2.75) is 0 Å². The molecule has 0 heterocycles. The van der Waals surface area contributed by atoms with Gasteiger partial charge in [0.05, 0.1) is 5.69 Å². The van der Waals surface area contributed by atoms with E-state index >= 15 is 0 Å². The number of hydrogen-bond donors (Lipinski definition) is 1. The van der Waals surface area contributed by atoms with Gasteiger partial charge in [0.1, 0.15) is 0 Å². The summed E-state index contributed by atoms with van der Waals surface area (Å²) in [6.07, 6.45) is 0. The summed E-state index contributed by atoms with van der Waals surface area (Å²) < 4.78 is 0.701. The van der Waals surface area contributed by atoms with Gasteiger partial charge in [0.2, 0.25) is 5.91 Å². The molecule has 0 fully saturated rings. The fourth-order valence-electron chi connectivity index (χ4n) is 0.789. The number of rotatable bonds is 2. The van der Waals surface area contributed by atoms with Crippen molar-refractivity contribution < 1.29 is 4.79 Å². The third kappa shape index (κ3) is 2.33. The molecule has 1 aromatic carbocycles. The number of halogens is 1. The Bertz CT molecular complexity index is 397. The van der Waals surface area contributed by atoms with Crippen molar-refractivity contribution in [2.75, 3.05) is 0 Å². The van der Waals surface area contributed by atoms with Crippen molar-refractivity contribution in [1.29, 1.82) is 0 Å². The molecule has 66 valence electrons. The predicted octanol–water partition coefficient (Wildman–Crippen LogP) is 2.33. The standard InChI is InChI=1S/C7H5IN4O/c8-5-3-4(7(9)13)1-2-6(5)11-12-10/h1-3H,(H2,9,13). The summed E-state index contributed by atoms with van der Waals surface area (Å²) in [6.45, 7) is 0. The number of nitrogens with two attached hydrogens (primary N) is 1. The number of amides is 1. The highest BCUT2D eigenvalue weighted by atomic mass is 127. The van der Waals surface area contributed by atoms with E-state index in [-0.39, 0.29) is 0 Å². The highest BCUT2D eigenvalue weighted by Gasteiger charge is 2.03. The van der Waals surface area contributed by atoms with Gasteiger partial charge in [-0.3, -0.25) is 4.79 Å². The highest BCUT2D eigenvalue weighted by Crippen LogP contribution is 2.22. The summed E-state index contributed by atoms with van der Waals surface area (Å²) in [6, 6.07) is 4.66. The normalized spacial score (nSPS) is 9.00. The van der Waals surface area contributed by atoms with Crippen LogP contribution in [0.25, 0.3) is 10.4 Å². The molecule has 0 bridgehead atoms. The van der Waals surface area contributed by atoms with Gasteiger partial charge >= 0.3 is 0 Å². The maximum atomic E-state index is 10.7. The lowest BCUT2D eigenvalue weighted by molar-refractivity contribution is 0.100. The molecule has 13 heavy (non-hydrogen) atoms. The maximum absolute atomic E-state index is 10.7. The zero-order valence-electron chi connectivity index (χ0n) is 6.44. The molecular formula is C7H5IN4O. The zero-order chi connectivity index (χ0) is 9.84. The molecule has 6 heteroatoms. The van der Waals surface area contributed by atoms with Crippen molar-refractivity contribution in [3.05, 3.63) is 37.8 Å². The Hall–Kier alpha value is -1.27. The molecule has 0 aliphatic heterocycles. The van der Waals surface area contributed by atoms with E-state index in [4.69, 9.17) is 11.3 Å². The summed E-state index contributed by atoms with van der Waals surface area (Å²) in [5.41, 5.74) is 14.1. The summed E-state index contributed by atoms with van der Waals surface area (Å²) in [5, 5.41) is 3.43. The molecule has 2 N–H and O–H groups in total. The van der Waals surface area contributed by atoms with E-state index in [0.717, 1.165) is 0 Å². The summed E-state index contributed by atoms with van der Waals surface area (Å²) in [4.78, 5) is 13.4. The fraction of sp³-hybridized carbons (Fsp3) is 0. The second-order valence-electron chi connectivity index (χ2n) is 2.22. The van der Waals surface area contributed by atoms with Crippen molar-refractivity contribution in [2.24, 2.45) is 10.8 Å². The minimum absolute atomic E-state index is 0.404. The van der Waals surface area contributed by atoms with Crippen LogP contribution in [-0.4, -0.2) is 5.91 Å². The lowest BCUT2D eigenvalue weighted by Crippen LogP contribution is -2.10. The zero-order valence-corrected chi connectivity index (χ0v) is 8.59. The number of carbonyl (C=O) groups excluding carboxylic acids is 1. The molecule has 0 spiro atoms. The van der Waals surface area contributed by atoms with Crippen molar-refractivity contribution in [1.82, 2.24) is 0 Å². The predicted molar refractivity (Wildman–Crippen MR) is 56.5 cm³/mol. The summed E-state index contributed by atoms with van der Waals surface area (Å²) in [7, 11) is 0. The molecule has 0 aliphatic carbocycles. The Morgan fingerprint density at radius 2 is 2.31 bits per heavy atom. The molecule has 1 aromatic rings. The molecule has 1 amide bonds. The second kappa shape index (κ2) is 4.11. The van der Waals surface area contributed by atoms with Crippen LogP contribution in [0, 0.1) is 3.57 Å². The lowest BCUT2D eigenvalue weighted by atomic mass is 10.2. The number of carbonyl (C=O) groups is 1. The number of benzene rings is 1. The monoisotopic (exact) mass is 288 g/mol. The lowest BCUT2D eigenvalue weighted by Gasteiger charge is -1.98. The summed E-state index contributed by atoms with van der Waals surface area (Å²) >= 11 is 1.97. The molecule has 0 saturated heterocycles. The van der Waals surface area contributed by atoms with E-state index in [0.29, 0.717) is 14.8 Å². The van der Waals surface area contributed by atoms with Crippen LogP contribution >= 0.6 is 22.6 Å². The Morgan fingerprint density at radius 1 is 1.62 bits per heavy atom. The first kappa shape index (κ1) is 9.82. The van der Waals surface area contributed by atoms with Crippen LogP contribution < -0.4 is 5.73 Å². The maximum Gasteiger partial charge on any atom is 0.248 e. The van der Waals surface area contributed by atoms with Gasteiger partial charge in [-0.25, -0.2) is 0 Å². The first-order valence-corrected chi connectivity index (χ1v) is 4.37. The van der Waals surface area contributed by atoms with Gasteiger partial charge in [0, 0.05) is 14.0 Å². The van der Waals surface area contributed by atoms with E-state index < -0.39 is 5.91 Å². The molecule has 0 aliphatic rings. The van der Waals surface area contributed by atoms with Crippen LogP contribution in [0.5, 0.6) is 0 Å². The van der Waals surface area contributed by atoms with Crippen LogP contribution in [-0.2, 0) is 0 Å². The van der Waals surface area contributed by atoms with E-state index in [1.165, 1.54) is 6.07 Å². The third-order valence-corrected chi connectivity index (χ3v) is 2.25. The third-order valence-electron chi connectivity index (χ3n) is 1.38. The molecular weight excluding hydrogens is 283 g/mol. The fourth-order valence-corrected chi connectivity index (χ4v) is 1.41. The minimum atomic E-state index is -0.495. The average molecular weight is 288 g/mol. The van der Waals surface area contributed by atoms with Gasteiger partial charge in [-0.15, -0.1) is 0 Å². The number of azide groups is 1. The Morgan fingerprint density at radius 3 is 2.77 bits per heavy atom. The molecule has 0 atom stereocenters. The Kier molecular flexibility index (Phi) is 3.10. The van der Waals surface area contributed by atoms with E-state index in [1.807, 2.05) is 22.6 Å². The molecule has 1 rings (SSSR count). The number of hydrogen-bond acceptors (Lipinski definition) is 2. The van der Waals surface area contributed by atoms with Gasteiger partial charge in [0.15, 0.2) is 0 Å². The first-order chi connectivity index (χ1) is 6.15. The van der Waals surface area contributed by atoms with Crippen molar-refractivity contribution >= 4 is 34.2 Å². The topological polar surface area (TPSA) is 91.8 Å². The molecule has 5 nitrogen and oxygen atoms in total. The summed E-state index contributed by atoms with van der Waals surface area (Å²) in [5.74, 6) is -0.495. The Balaban J connectivity index is 3.19. The van der Waals surface area contributed by atoms with Crippen LogP contribution in [0.3, 0.4) is 0 Å². The average Bonchev–Trinajstić information content (AvgIpc) is 2.08. The highest BCUT2D eigenvalue weighted by molar-refractivity contribution is 14.1. The van der Waals surface area contributed by atoms with Gasteiger partial charge < -0.3 is 5.73 Å². The van der Waals surface area contributed by atoms with Crippen LogP contribution in [0.2, 0.25) is 0 Å². The molecule has 0 unspecified atom stereocenters. The van der Waals surface area contributed by atoms with Gasteiger partial charge in [-0.05, 0) is 40.3 Å². The van der Waals surface area contributed by atoms with Gasteiger partial charge in [0.25, 0.3) is 0 Å². The van der Waals surface area contributed by atoms with E-state index in [2.05, 4.69) is 10.0 Å². The second-order valence-corrected chi connectivity index (χ2v) is 3.38. The van der Waals surface area contributed by atoms with Crippen LogP contribution in [0.15, 0.2) is 23.3 Å². The van der Waals surface area contributed by atoms with Gasteiger partial charge in [-0.1, -0.05) is 11.2 Å². The largest absolute Gasteiger partial charge is 0.366 e. The Labute approximate surface area is 87.7 Å². The molecule has 0 aromatic heterocycles. The smallest absolute Gasteiger partial charge is 0.248 e. The van der Waals surface area contributed by atoms with Crippen LogP contribution in [0.4, 0.5) is 5.69 Å². The van der Waals surface area contributed by atoms with E-state index in [9.17, 15) is 4.79 Å². The molecule has 0 radical (unpaired) electrons. The number of primary amides is 1. The quantitative estimate of drug-likeness (QED) is 0.384. The van der Waals surface area contributed by atoms with Crippen molar-refractivity contribution in [3.8, 4) is 0 Å². The minimum Gasteiger partial charge on any atom is -0.366 e.